The van der Waals surface area contributed by atoms with Gasteiger partial charge in [-0.15, -0.1) is 11.3 Å². The van der Waals surface area contributed by atoms with Crippen LogP contribution in [0.2, 0.25) is 0 Å². The predicted octanol–water partition coefficient (Wildman–Crippen LogP) is 2.69. The number of thiophene rings is 1. The van der Waals surface area contributed by atoms with Crippen molar-refractivity contribution in [2.45, 2.75) is 45.6 Å². The van der Waals surface area contributed by atoms with Gasteiger partial charge in [-0.25, -0.2) is 4.79 Å². The van der Waals surface area contributed by atoms with Crippen molar-refractivity contribution in [3.8, 4) is 0 Å². The van der Waals surface area contributed by atoms with E-state index in [9.17, 15) is 9.59 Å². The van der Waals surface area contributed by atoms with Gasteiger partial charge in [0, 0.05) is 11.3 Å². The average Bonchev–Trinajstić information content (AvgIpc) is 2.80. The molecule has 0 saturated heterocycles. The molecule has 1 atom stereocenters. The Bertz CT molecular complexity index is 401. The molecule has 1 aromatic heterocycles. The normalized spacial score (nSPS) is 12.4. The highest BCUT2D eigenvalue weighted by atomic mass is 32.1. The molecule has 106 valence electrons. The minimum atomic E-state index is -0.958. The van der Waals surface area contributed by atoms with Crippen molar-refractivity contribution in [3.63, 3.8) is 0 Å². The van der Waals surface area contributed by atoms with Crippen LogP contribution >= 0.6 is 11.3 Å². The van der Waals surface area contributed by atoms with E-state index >= 15 is 0 Å². The fourth-order valence-electron chi connectivity index (χ4n) is 1.84. The van der Waals surface area contributed by atoms with Crippen LogP contribution in [0.5, 0.6) is 0 Å². The molecule has 1 aromatic rings. The van der Waals surface area contributed by atoms with Crippen LogP contribution in [-0.4, -0.2) is 23.0 Å². The predicted molar refractivity (Wildman–Crippen MR) is 76.3 cm³/mol. The van der Waals surface area contributed by atoms with Crippen molar-refractivity contribution in [3.05, 3.63) is 22.4 Å². The Balaban J connectivity index is 2.30. The number of rotatable bonds is 8. The van der Waals surface area contributed by atoms with Gasteiger partial charge in [-0.1, -0.05) is 19.9 Å². The van der Waals surface area contributed by atoms with Crippen LogP contribution in [0.3, 0.4) is 0 Å². The molecule has 4 nitrogen and oxygen atoms in total. The smallest absolute Gasteiger partial charge is 0.326 e. The van der Waals surface area contributed by atoms with Crippen LogP contribution in [0.4, 0.5) is 0 Å². The van der Waals surface area contributed by atoms with E-state index in [0.717, 1.165) is 12.8 Å². The monoisotopic (exact) mass is 283 g/mol. The molecule has 0 radical (unpaired) electrons. The summed E-state index contributed by atoms with van der Waals surface area (Å²) >= 11 is 1.68. The summed E-state index contributed by atoms with van der Waals surface area (Å²) in [7, 11) is 0. The molecule has 0 bridgehead atoms. The van der Waals surface area contributed by atoms with Gasteiger partial charge in [-0.3, -0.25) is 4.79 Å². The van der Waals surface area contributed by atoms with Gasteiger partial charge < -0.3 is 10.4 Å². The van der Waals surface area contributed by atoms with Gasteiger partial charge in [0.2, 0.25) is 5.91 Å². The third-order valence-corrected chi connectivity index (χ3v) is 3.68. The first-order valence-electron chi connectivity index (χ1n) is 6.53. The second-order valence-electron chi connectivity index (χ2n) is 5.02. The molecular formula is C14H21NO3S. The molecule has 2 N–H and O–H groups in total. The molecule has 5 heteroatoms. The number of carboxylic acids is 1. The highest BCUT2D eigenvalue weighted by Crippen LogP contribution is 2.12. The van der Waals surface area contributed by atoms with Crippen molar-refractivity contribution in [1.82, 2.24) is 5.32 Å². The van der Waals surface area contributed by atoms with Crippen LogP contribution < -0.4 is 5.32 Å². The molecule has 0 aliphatic heterocycles. The Morgan fingerprint density at radius 1 is 1.42 bits per heavy atom. The molecule has 0 unspecified atom stereocenters. The second-order valence-corrected chi connectivity index (χ2v) is 6.05. The van der Waals surface area contributed by atoms with Crippen molar-refractivity contribution in [2.24, 2.45) is 5.92 Å². The molecule has 1 heterocycles. The van der Waals surface area contributed by atoms with E-state index in [-0.39, 0.29) is 11.8 Å². The molecule has 0 fully saturated rings. The number of carbonyl (C=O) groups excluding carboxylic acids is 1. The summed E-state index contributed by atoms with van der Waals surface area (Å²) in [5, 5.41) is 13.6. The van der Waals surface area contributed by atoms with Crippen molar-refractivity contribution >= 4 is 23.2 Å². The summed E-state index contributed by atoms with van der Waals surface area (Å²) in [4.78, 5) is 24.0. The van der Waals surface area contributed by atoms with Crippen LogP contribution in [0.15, 0.2) is 17.5 Å². The van der Waals surface area contributed by atoms with E-state index in [2.05, 4.69) is 5.32 Å². The first kappa shape index (κ1) is 15.7. The largest absolute Gasteiger partial charge is 0.480 e. The number of aliphatic carboxylic acids is 1. The molecule has 0 saturated carbocycles. The molecule has 19 heavy (non-hydrogen) atoms. The first-order valence-corrected chi connectivity index (χ1v) is 7.41. The minimum absolute atomic E-state index is 0.176. The van der Waals surface area contributed by atoms with Crippen LogP contribution in [0.1, 0.15) is 38.0 Å². The van der Waals surface area contributed by atoms with Crippen LogP contribution in [-0.2, 0) is 16.0 Å². The summed E-state index contributed by atoms with van der Waals surface area (Å²) < 4.78 is 0. The van der Waals surface area contributed by atoms with Gasteiger partial charge >= 0.3 is 5.97 Å². The molecule has 0 aliphatic carbocycles. The number of carbonyl (C=O) groups is 2. The van der Waals surface area contributed by atoms with Crippen LogP contribution in [0.25, 0.3) is 0 Å². The second kappa shape index (κ2) is 7.94. The third kappa shape index (κ3) is 6.38. The lowest BCUT2D eigenvalue weighted by Crippen LogP contribution is -2.41. The summed E-state index contributed by atoms with van der Waals surface area (Å²) in [6.45, 7) is 3.89. The van der Waals surface area contributed by atoms with E-state index in [4.69, 9.17) is 5.11 Å². The van der Waals surface area contributed by atoms with E-state index in [1.54, 1.807) is 11.3 Å². The molecule has 1 amide bonds. The lowest BCUT2D eigenvalue weighted by Gasteiger charge is -2.16. The van der Waals surface area contributed by atoms with Gasteiger partial charge in [0.15, 0.2) is 0 Å². The van der Waals surface area contributed by atoms with Crippen molar-refractivity contribution in [2.75, 3.05) is 0 Å². The molecule has 0 aromatic carbocycles. The zero-order valence-corrected chi connectivity index (χ0v) is 12.2. The topological polar surface area (TPSA) is 66.4 Å². The quantitative estimate of drug-likeness (QED) is 0.771. The molecule has 0 aliphatic rings. The fraction of sp³-hybridized carbons (Fsp3) is 0.571. The zero-order chi connectivity index (χ0) is 14.3. The number of aryl methyl sites for hydroxylation is 1. The Hall–Kier alpha value is -1.36. The van der Waals surface area contributed by atoms with Gasteiger partial charge in [0.05, 0.1) is 0 Å². The van der Waals surface area contributed by atoms with Gasteiger partial charge in [-0.05, 0) is 36.6 Å². The van der Waals surface area contributed by atoms with Crippen LogP contribution in [0, 0.1) is 5.92 Å². The summed E-state index contributed by atoms with van der Waals surface area (Å²) in [6.07, 6.45) is 2.46. The van der Waals surface area contributed by atoms with Crippen molar-refractivity contribution in [1.29, 1.82) is 0 Å². The molecule has 1 rings (SSSR count). The molecule has 0 spiro atoms. The Morgan fingerprint density at radius 3 is 2.68 bits per heavy atom. The maximum atomic E-state index is 11.7. The highest BCUT2D eigenvalue weighted by Gasteiger charge is 2.20. The summed E-state index contributed by atoms with van der Waals surface area (Å²) in [6, 6.07) is 3.26. The maximum absolute atomic E-state index is 11.7. The first-order chi connectivity index (χ1) is 8.99. The van der Waals surface area contributed by atoms with Gasteiger partial charge in [0.1, 0.15) is 6.04 Å². The van der Waals surface area contributed by atoms with E-state index < -0.39 is 12.0 Å². The summed E-state index contributed by atoms with van der Waals surface area (Å²) in [5.74, 6) is -0.891. The number of hydrogen-bond donors (Lipinski definition) is 2. The Labute approximate surface area is 117 Å². The summed E-state index contributed by atoms with van der Waals surface area (Å²) in [5.41, 5.74) is 0. The Kier molecular flexibility index (Phi) is 6.56. The number of amides is 1. The third-order valence-electron chi connectivity index (χ3n) is 2.75. The maximum Gasteiger partial charge on any atom is 0.326 e. The number of carboxylic acid groups (broad SMARTS) is 1. The van der Waals surface area contributed by atoms with E-state index in [1.165, 1.54) is 4.88 Å². The SMILES string of the molecule is CC(C)C[C@H](NC(=O)CCCc1cccs1)C(=O)O. The number of hydrogen-bond acceptors (Lipinski definition) is 3. The average molecular weight is 283 g/mol. The number of nitrogens with one attached hydrogen (secondary N) is 1. The zero-order valence-electron chi connectivity index (χ0n) is 11.4. The van der Waals surface area contributed by atoms with Gasteiger partial charge in [-0.2, -0.15) is 0 Å². The lowest BCUT2D eigenvalue weighted by atomic mass is 10.0. The molecular weight excluding hydrogens is 262 g/mol. The fourth-order valence-corrected chi connectivity index (χ4v) is 2.59. The van der Waals surface area contributed by atoms with Gasteiger partial charge in [0.25, 0.3) is 0 Å². The lowest BCUT2D eigenvalue weighted by molar-refractivity contribution is -0.142. The van der Waals surface area contributed by atoms with E-state index in [0.29, 0.717) is 12.8 Å². The Morgan fingerprint density at radius 2 is 2.16 bits per heavy atom. The minimum Gasteiger partial charge on any atom is -0.480 e. The van der Waals surface area contributed by atoms with E-state index in [1.807, 2.05) is 31.4 Å². The highest BCUT2D eigenvalue weighted by molar-refractivity contribution is 7.09. The standard InChI is InChI=1S/C14H21NO3S/c1-10(2)9-12(14(17)18)15-13(16)7-3-5-11-6-4-8-19-11/h4,6,8,10,12H,3,5,7,9H2,1-2H3,(H,15,16)(H,17,18)/t12-/m0/s1. The van der Waals surface area contributed by atoms with Crippen molar-refractivity contribution < 1.29 is 14.7 Å².